The SMILES string of the molecule is O=S(Cc1coc(-c2ccccc2)n1)Cc1ccc(F)cc1Cl. The average molecular weight is 350 g/mol. The highest BCUT2D eigenvalue weighted by atomic mass is 35.5. The highest BCUT2D eigenvalue weighted by molar-refractivity contribution is 7.83. The maximum Gasteiger partial charge on any atom is 0.226 e. The van der Waals surface area contributed by atoms with E-state index in [-0.39, 0.29) is 16.5 Å². The van der Waals surface area contributed by atoms with Crippen LogP contribution in [0.25, 0.3) is 11.5 Å². The van der Waals surface area contributed by atoms with E-state index in [4.69, 9.17) is 16.0 Å². The molecule has 1 aromatic heterocycles. The fourth-order valence-corrected chi connectivity index (χ4v) is 3.59. The van der Waals surface area contributed by atoms with Crippen LogP contribution in [0.2, 0.25) is 5.02 Å². The predicted octanol–water partition coefficient (Wildman–Crippen LogP) is 4.58. The molecule has 0 aliphatic heterocycles. The normalized spacial score (nSPS) is 12.3. The summed E-state index contributed by atoms with van der Waals surface area (Å²) in [6, 6.07) is 13.6. The van der Waals surface area contributed by atoms with Gasteiger partial charge in [-0.3, -0.25) is 4.21 Å². The van der Waals surface area contributed by atoms with E-state index in [0.29, 0.717) is 17.1 Å². The Morgan fingerprint density at radius 3 is 2.65 bits per heavy atom. The Kier molecular flexibility index (Phi) is 4.88. The molecule has 0 N–H and O–H groups in total. The van der Waals surface area contributed by atoms with E-state index in [0.717, 1.165) is 5.56 Å². The van der Waals surface area contributed by atoms with E-state index in [2.05, 4.69) is 4.98 Å². The van der Waals surface area contributed by atoms with Crippen LogP contribution < -0.4 is 0 Å². The number of rotatable bonds is 5. The summed E-state index contributed by atoms with van der Waals surface area (Å²) in [5.41, 5.74) is 2.13. The second kappa shape index (κ2) is 7.06. The number of benzene rings is 2. The number of hydrogen-bond acceptors (Lipinski definition) is 3. The summed E-state index contributed by atoms with van der Waals surface area (Å²) in [5.74, 6) is 0.586. The molecule has 0 radical (unpaired) electrons. The minimum absolute atomic E-state index is 0.243. The van der Waals surface area contributed by atoms with E-state index in [9.17, 15) is 8.60 Å². The van der Waals surface area contributed by atoms with Gasteiger partial charge in [0, 0.05) is 21.4 Å². The van der Waals surface area contributed by atoms with Crippen LogP contribution in [0.5, 0.6) is 0 Å². The largest absolute Gasteiger partial charge is 0.444 e. The zero-order chi connectivity index (χ0) is 16.2. The Labute approximate surface area is 140 Å². The van der Waals surface area contributed by atoms with Crippen molar-refractivity contribution in [3.8, 4) is 11.5 Å². The van der Waals surface area contributed by atoms with E-state index < -0.39 is 16.6 Å². The van der Waals surface area contributed by atoms with Gasteiger partial charge in [-0.15, -0.1) is 0 Å². The molecular formula is C17H13ClFNO2S. The number of nitrogens with zero attached hydrogens (tertiary/aromatic N) is 1. The lowest BCUT2D eigenvalue weighted by atomic mass is 10.2. The van der Waals surface area contributed by atoms with Crippen molar-refractivity contribution in [2.75, 3.05) is 0 Å². The summed E-state index contributed by atoms with van der Waals surface area (Å²) in [6.07, 6.45) is 1.51. The summed E-state index contributed by atoms with van der Waals surface area (Å²) < 4.78 is 30.7. The van der Waals surface area contributed by atoms with Crippen molar-refractivity contribution in [2.45, 2.75) is 11.5 Å². The Morgan fingerprint density at radius 2 is 1.91 bits per heavy atom. The maximum atomic E-state index is 13.0. The Balaban J connectivity index is 1.68. The Bertz CT molecular complexity index is 836. The van der Waals surface area contributed by atoms with Crippen LogP contribution in [0, 0.1) is 5.82 Å². The zero-order valence-corrected chi connectivity index (χ0v) is 13.6. The molecule has 3 rings (SSSR count). The van der Waals surface area contributed by atoms with E-state index in [1.54, 1.807) is 6.07 Å². The first-order valence-corrected chi connectivity index (χ1v) is 8.77. The molecule has 23 heavy (non-hydrogen) atoms. The van der Waals surface area contributed by atoms with Crippen molar-refractivity contribution >= 4 is 22.4 Å². The number of aromatic nitrogens is 1. The predicted molar refractivity (Wildman–Crippen MR) is 88.9 cm³/mol. The minimum atomic E-state index is -1.21. The van der Waals surface area contributed by atoms with Crippen LogP contribution in [-0.2, 0) is 22.3 Å². The smallest absolute Gasteiger partial charge is 0.226 e. The van der Waals surface area contributed by atoms with E-state index in [1.807, 2.05) is 30.3 Å². The first-order chi connectivity index (χ1) is 11.1. The highest BCUT2D eigenvalue weighted by Gasteiger charge is 2.11. The molecule has 3 nitrogen and oxygen atoms in total. The van der Waals surface area contributed by atoms with Crippen LogP contribution in [0.1, 0.15) is 11.3 Å². The van der Waals surface area contributed by atoms with Crippen molar-refractivity contribution in [3.63, 3.8) is 0 Å². The summed E-state index contributed by atoms with van der Waals surface area (Å²) in [6.45, 7) is 0. The molecule has 0 aliphatic rings. The topological polar surface area (TPSA) is 43.1 Å². The fourth-order valence-electron chi connectivity index (χ4n) is 2.11. The Hall–Kier alpha value is -1.98. The first-order valence-electron chi connectivity index (χ1n) is 6.90. The van der Waals surface area contributed by atoms with Crippen LogP contribution in [-0.4, -0.2) is 9.19 Å². The zero-order valence-electron chi connectivity index (χ0n) is 12.0. The molecule has 6 heteroatoms. The summed E-state index contributed by atoms with van der Waals surface area (Å²) in [7, 11) is -1.21. The van der Waals surface area contributed by atoms with Gasteiger partial charge in [0.15, 0.2) is 0 Å². The highest BCUT2D eigenvalue weighted by Crippen LogP contribution is 2.21. The van der Waals surface area contributed by atoms with Gasteiger partial charge in [0.25, 0.3) is 0 Å². The van der Waals surface area contributed by atoms with Crippen molar-refractivity contribution in [1.29, 1.82) is 0 Å². The van der Waals surface area contributed by atoms with Crippen LogP contribution in [0.3, 0.4) is 0 Å². The number of halogens is 2. The van der Waals surface area contributed by atoms with Crippen LogP contribution in [0.15, 0.2) is 59.2 Å². The third kappa shape index (κ3) is 4.06. The fraction of sp³-hybridized carbons (Fsp3) is 0.118. The van der Waals surface area contributed by atoms with Crippen molar-refractivity contribution in [2.24, 2.45) is 0 Å². The molecule has 1 heterocycles. The maximum absolute atomic E-state index is 13.0. The molecule has 0 spiro atoms. The van der Waals surface area contributed by atoms with Gasteiger partial charge in [0.1, 0.15) is 12.1 Å². The standard InChI is InChI=1S/C17H13ClFNO2S/c18-16-8-14(19)7-6-13(16)10-23(21)11-15-9-22-17(20-15)12-4-2-1-3-5-12/h1-9H,10-11H2. The second-order valence-electron chi connectivity index (χ2n) is 4.97. The third-order valence-electron chi connectivity index (χ3n) is 3.21. The first kappa shape index (κ1) is 15.9. The molecular weight excluding hydrogens is 337 g/mol. The van der Waals surface area contributed by atoms with Gasteiger partial charge in [-0.25, -0.2) is 9.37 Å². The quantitative estimate of drug-likeness (QED) is 0.677. The lowest BCUT2D eigenvalue weighted by molar-refractivity contribution is 0.573. The van der Waals surface area contributed by atoms with Gasteiger partial charge in [0.2, 0.25) is 5.89 Å². The molecule has 1 atom stereocenters. The molecule has 2 aromatic carbocycles. The second-order valence-corrected chi connectivity index (χ2v) is 6.84. The van der Waals surface area contributed by atoms with Gasteiger partial charge in [-0.2, -0.15) is 0 Å². The molecule has 3 aromatic rings. The van der Waals surface area contributed by atoms with Gasteiger partial charge in [-0.05, 0) is 29.8 Å². The molecule has 0 bridgehead atoms. The summed E-state index contributed by atoms with van der Waals surface area (Å²) in [4.78, 5) is 4.35. The molecule has 0 aliphatic carbocycles. The molecule has 118 valence electrons. The van der Waals surface area contributed by atoms with Crippen molar-refractivity contribution < 1.29 is 13.0 Å². The molecule has 0 saturated heterocycles. The molecule has 0 amide bonds. The van der Waals surface area contributed by atoms with Crippen LogP contribution in [0.4, 0.5) is 4.39 Å². The lowest BCUT2D eigenvalue weighted by Crippen LogP contribution is -2.00. The van der Waals surface area contributed by atoms with Gasteiger partial charge < -0.3 is 4.42 Å². The van der Waals surface area contributed by atoms with Crippen molar-refractivity contribution in [1.82, 2.24) is 4.98 Å². The summed E-state index contributed by atoms with van der Waals surface area (Å²) >= 11 is 5.95. The number of oxazole rings is 1. The van der Waals surface area contributed by atoms with Gasteiger partial charge in [-0.1, -0.05) is 35.9 Å². The third-order valence-corrected chi connectivity index (χ3v) is 4.82. The molecule has 1 unspecified atom stereocenters. The Morgan fingerprint density at radius 1 is 1.13 bits per heavy atom. The molecule has 0 saturated carbocycles. The molecule has 0 fully saturated rings. The van der Waals surface area contributed by atoms with E-state index >= 15 is 0 Å². The average Bonchev–Trinajstić information content (AvgIpc) is 2.99. The lowest BCUT2D eigenvalue weighted by Gasteiger charge is -2.03. The van der Waals surface area contributed by atoms with E-state index in [1.165, 1.54) is 18.4 Å². The van der Waals surface area contributed by atoms with Gasteiger partial charge >= 0.3 is 0 Å². The number of hydrogen-bond donors (Lipinski definition) is 0. The minimum Gasteiger partial charge on any atom is -0.444 e. The van der Waals surface area contributed by atoms with Gasteiger partial charge in [0.05, 0.1) is 17.2 Å². The van der Waals surface area contributed by atoms with Crippen molar-refractivity contribution in [3.05, 3.63) is 76.9 Å². The summed E-state index contributed by atoms with van der Waals surface area (Å²) in [5, 5.41) is 0.281. The monoisotopic (exact) mass is 349 g/mol. The van der Waals surface area contributed by atoms with Crippen LogP contribution >= 0.6 is 11.6 Å².